The van der Waals surface area contributed by atoms with E-state index in [0.717, 1.165) is 18.9 Å². The van der Waals surface area contributed by atoms with Crippen LogP contribution in [0.25, 0.3) is 10.9 Å². The SMILES string of the molecule is Cc1cccc2c(NC3CCNC3)nn(C)c12. The quantitative estimate of drug-likeness (QED) is 0.824. The number of para-hydroxylation sites is 1. The first-order valence-electron chi connectivity index (χ1n) is 6.15. The zero-order valence-electron chi connectivity index (χ0n) is 10.3. The number of nitrogens with one attached hydrogen (secondary N) is 2. The summed E-state index contributed by atoms with van der Waals surface area (Å²) in [5.41, 5.74) is 2.50. The van der Waals surface area contributed by atoms with Crippen LogP contribution in [0.5, 0.6) is 0 Å². The highest BCUT2D eigenvalue weighted by Gasteiger charge is 2.17. The van der Waals surface area contributed by atoms with Crippen LogP contribution in [0, 0.1) is 6.92 Å². The van der Waals surface area contributed by atoms with Crippen molar-refractivity contribution in [2.45, 2.75) is 19.4 Å². The largest absolute Gasteiger partial charge is 0.364 e. The second-order valence-corrected chi connectivity index (χ2v) is 4.78. The predicted molar refractivity (Wildman–Crippen MR) is 70.3 cm³/mol. The van der Waals surface area contributed by atoms with Crippen LogP contribution >= 0.6 is 0 Å². The van der Waals surface area contributed by atoms with Crippen molar-refractivity contribution in [2.75, 3.05) is 18.4 Å². The Labute approximate surface area is 101 Å². The first kappa shape index (κ1) is 10.6. The molecule has 1 aromatic heterocycles. The maximum Gasteiger partial charge on any atom is 0.156 e. The van der Waals surface area contributed by atoms with Gasteiger partial charge in [-0.05, 0) is 31.5 Å². The van der Waals surface area contributed by atoms with Gasteiger partial charge in [-0.25, -0.2) is 0 Å². The Morgan fingerprint density at radius 3 is 3.12 bits per heavy atom. The minimum absolute atomic E-state index is 0.508. The maximum atomic E-state index is 4.59. The molecule has 4 nitrogen and oxygen atoms in total. The van der Waals surface area contributed by atoms with Crippen LogP contribution in [0.15, 0.2) is 18.2 Å². The second kappa shape index (κ2) is 4.04. The van der Waals surface area contributed by atoms with Crippen molar-refractivity contribution < 1.29 is 0 Å². The van der Waals surface area contributed by atoms with Crippen LogP contribution in [0.3, 0.4) is 0 Å². The van der Waals surface area contributed by atoms with Crippen molar-refractivity contribution in [3.63, 3.8) is 0 Å². The smallest absolute Gasteiger partial charge is 0.156 e. The molecule has 4 heteroatoms. The molecular weight excluding hydrogens is 212 g/mol. The monoisotopic (exact) mass is 230 g/mol. The third kappa shape index (κ3) is 1.78. The van der Waals surface area contributed by atoms with Gasteiger partial charge < -0.3 is 10.6 Å². The highest BCUT2D eigenvalue weighted by atomic mass is 15.3. The Morgan fingerprint density at radius 2 is 2.35 bits per heavy atom. The first-order valence-corrected chi connectivity index (χ1v) is 6.15. The van der Waals surface area contributed by atoms with E-state index < -0.39 is 0 Å². The van der Waals surface area contributed by atoms with Gasteiger partial charge in [0.1, 0.15) is 0 Å². The van der Waals surface area contributed by atoms with Gasteiger partial charge in [0.05, 0.1) is 5.52 Å². The number of fused-ring (bicyclic) bond motifs is 1. The summed E-state index contributed by atoms with van der Waals surface area (Å²) in [5, 5.41) is 12.7. The molecule has 3 rings (SSSR count). The van der Waals surface area contributed by atoms with E-state index in [0.29, 0.717) is 6.04 Å². The molecule has 1 unspecified atom stereocenters. The van der Waals surface area contributed by atoms with E-state index >= 15 is 0 Å². The number of aromatic nitrogens is 2. The van der Waals surface area contributed by atoms with Crippen molar-refractivity contribution in [3.8, 4) is 0 Å². The van der Waals surface area contributed by atoms with E-state index in [1.807, 2.05) is 11.7 Å². The van der Waals surface area contributed by atoms with E-state index in [9.17, 15) is 0 Å². The number of hydrogen-bond donors (Lipinski definition) is 2. The van der Waals surface area contributed by atoms with E-state index in [1.54, 1.807) is 0 Å². The van der Waals surface area contributed by atoms with Crippen LogP contribution in [-0.4, -0.2) is 28.9 Å². The minimum Gasteiger partial charge on any atom is -0.364 e. The van der Waals surface area contributed by atoms with Gasteiger partial charge >= 0.3 is 0 Å². The van der Waals surface area contributed by atoms with E-state index in [-0.39, 0.29) is 0 Å². The molecule has 17 heavy (non-hydrogen) atoms. The van der Waals surface area contributed by atoms with Crippen molar-refractivity contribution in [1.82, 2.24) is 15.1 Å². The molecule has 0 aliphatic carbocycles. The Morgan fingerprint density at radius 1 is 1.47 bits per heavy atom. The molecule has 1 fully saturated rings. The fourth-order valence-corrected chi connectivity index (χ4v) is 2.61. The van der Waals surface area contributed by atoms with Crippen molar-refractivity contribution >= 4 is 16.7 Å². The van der Waals surface area contributed by atoms with Gasteiger partial charge in [0, 0.05) is 25.0 Å². The summed E-state index contributed by atoms with van der Waals surface area (Å²) in [6, 6.07) is 6.87. The normalized spacial score (nSPS) is 20.0. The molecule has 90 valence electrons. The van der Waals surface area contributed by atoms with Gasteiger partial charge in [-0.1, -0.05) is 12.1 Å². The third-order valence-corrected chi connectivity index (χ3v) is 3.47. The topological polar surface area (TPSA) is 41.9 Å². The van der Waals surface area contributed by atoms with Gasteiger partial charge in [-0.3, -0.25) is 4.68 Å². The number of aryl methyl sites for hydroxylation is 2. The molecule has 2 aromatic rings. The lowest BCUT2D eigenvalue weighted by molar-refractivity contribution is 0.759. The fraction of sp³-hybridized carbons (Fsp3) is 0.462. The third-order valence-electron chi connectivity index (χ3n) is 3.47. The zero-order valence-corrected chi connectivity index (χ0v) is 10.3. The molecule has 0 radical (unpaired) electrons. The van der Waals surface area contributed by atoms with Crippen LogP contribution in [0.2, 0.25) is 0 Å². The Bertz CT molecular complexity index is 538. The Balaban J connectivity index is 2.01. The van der Waals surface area contributed by atoms with Crippen LogP contribution in [-0.2, 0) is 7.05 Å². The standard InChI is InChI=1S/C13H18N4/c1-9-4-3-5-11-12(9)17(2)16-13(11)15-10-6-7-14-8-10/h3-5,10,14H,6-8H2,1-2H3,(H,15,16). The molecule has 1 saturated heterocycles. The summed E-state index contributed by atoms with van der Waals surface area (Å²) in [5.74, 6) is 1.01. The highest BCUT2D eigenvalue weighted by molar-refractivity contribution is 5.92. The fourth-order valence-electron chi connectivity index (χ4n) is 2.61. The molecule has 0 spiro atoms. The van der Waals surface area contributed by atoms with E-state index in [4.69, 9.17) is 0 Å². The van der Waals surface area contributed by atoms with Crippen LogP contribution < -0.4 is 10.6 Å². The van der Waals surface area contributed by atoms with Gasteiger partial charge in [-0.15, -0.1) is 0 Å². The molecule has 2 N–H and O–H groups in total. The van der Waals surface area contributed by atoms with Crippen molar-refractivity contribution in [3.05, 3.63) is 23.8 Å². The molecule has 1 aliphatic rings. The van der Waals surface area contributed by atoms with E-state index in [2.05, 4.69) is 40.9 Å². The van der Waals surface area contributed by atoms with Gasteiger partial charge in [-0.2, -0.15) is 5.10 Å². The number of nitrogens with zero attached hydrogens (tertiary/aromatic N) is 2. The highest BCUT2D eigenvalue weighted by Crippen LogP contribution is 2.25. The number of anilines is 1. The van der Waals surface area contributed by atoms with Gasteiger partial charge in [0.2, 0.25) is 0 Å². The molecule has 1 aromatic carbocycles. The summed E-state index contributed by atoms with van der Waals surface area (Å²) >= 11 is 0. The molecule has 0 bridgehead atoms. The van der Waals surface area contributed by atoms with Crippen LogP contribution in [0.1, 0.15) is 12.0 Å². The lowest BCUT2D eigenvalue weighted by Gasteiger charge is -2.10. The average Bonchev–Trinajstić information content (AvgIpc) is 2.90. The minimum atomic E-state index is 0.508. The van der Waals surface area contributed by atoms with Gasteiger partial charge in [0.25, 0.3) is 0 Å². The predicted octanol–water partition coefficient (Wildman–Crippen LogP) is 1.66. The molecular formula is C13H18N4. The summed E-state index contributed by atoms with van der Waals surface area (Å²) in [6.45, 7) is 4.26. The first-order chi connectivity index (χ1) is 8.25. The van der Waals surface area contributed by atoms with Crippen molar-refractivity contribution in [1.29, 1.82) is 0 Å². The van der Waals surface area contributed by atoms with Crippen LogP contribution in [0.4, 0.5) is 5.82 Å². The Hall–Kier alpha value is -1.55. The average molecular weight is 230 g/mol. The summed E-state index contributed by atoms with van der Waals surface area (Å²) in [7, 11) is 2.01. The zero-order chi connectivity index (χ0) is 11.8. The maximum absolute atomic E-state index is 4.59. The lowest BCUT2D eigenvalue weighted by atomic mass is 10.1. The van der Waals surface area contributed by atoms with Gasteiger partial charge in [0.15, 0.2) is 5.82 Å². The lowest BCUT2D eigenvalue weighted by Crippen LogP contribution is -2.22. The molecule has 1 aliphatic heterocycles. The molecule has 2 heterocycles. The Kier molecular flexibility index (Phi) is 2.52. The molecule has 1 atom stereocenters. The summed E-state index contributed by atoms with van der Waals surface area (Å²) < 4.78 is 1.97. The van der Waals surface area contributed by atoms with E-state index in [1.165, 1.54) is 22.9 Å². The van der Waals surface area contributed by atoms with Crippen molar-refractivity contribution in [2.24, 2.45) is 7.05 Å². The number of rotatable bonds is 2. The molecule has 0 saturated carbocycles. The number of benzene rings is 1. The second-order valence-electron chi connectivity index (χ2n) is 4.78. The number of hydrogen-bond acceptors (Lipinski definition) is 3. The summed E-state index contributed by atoms with van der Waals surface area (Å²) in [4.78, 5) is 0. The molecule has 0 amide bonds. The summed E-state index contributed by atoms with van der Waals surface area (Å²) in [6.07, 6.45) is 1.17.